The number of nitrogens with zero attached hydrogens (tertiary/aromatic N) is 4. The van der Waals surface area contributed by atoms with Gasteiger partial charge in [0.05, 0.1) is 22.1 Å². The fourth-order valence-corrected chi connectivity index (χ4v) is 3.43. The molecule has 0 spiro atoms. The van der Waals surface area contributed by atoms with Crippen molar-refractivity contribution in [1.82, 2.24) is 14.6 Å². The zero-order valence-corrected chi connectivity index (χ0v) is 17.3. The summed E-state index contributed by atoms with van der Waals surface area (Å²) < 4.78 is 40.4. The number of anilines is 1. The number of benzene rings is 2. The van der Waals surface area contributed by atoms with Crippen LogP contribution in [0.1, 0.15) is 27.3 Å². The molecule has 2 heterocycles. The molecule has 2 aromatic heterocycles. The van der Waals surface area contributed by atoms with Crippen molar-refractivity contribution < 1.29 is 22.9 Å². The molecule has 0 unspecified atom stereocenters. The molecule has 0 saturated carbocycles. The van der Waals surface area contributed by atoms with Gasteiger partial charge in [-0.05, 0) is 18.2 Å². The monoisotopic (exact) mass is 475 g/mol. The van der Waals surface area contributed by atoms with Crippen molar-refractivity contribution >= 4 is 34.4 Å². The van der Waals surface area contributed by atoms with E-state index in [0.29, 0.717) is 5.56 Å². The first kappa shape index (κ1) is 22.2. The van der Waals surface area contributed by atoms with Crippen LogP contribution in [-0.2, 0) is 12.7 Å². The molecule has 0 saturated heterocycles. The number of nitrogens with one attached hydrogen (secondary N) is 1. The molecule has 168 valence electrons. The van der Waals surface area contributed by atoms with Crippen molar-refractivity contribution in [3.63, 3.8) is 0 Å². The zero-order chi connectivity index (χ0) is 23.8. The van der Waals surface area contributed by atoms with Crippen molar-refractivity contribution in [2.75, 3.05) is 5.32 Å². The van der Waals surface area contributed by atoms with Crippen molar-refractivity contribution in [1.29, 1.82) is 0 Å². The number of nitro groups is 1. The minimum Gasteiger partial charge on any atom is -0.372 e. The molecular weight excluding hydrogens is 463 g/mol. The number of halogens is 4. The van der Waals surface area contributed by atoms with Crippen LogP contribution in [0.3, 0.4) is 0 Å². The molecule has 1 N–H and O–H groups in total. The summed E-state index contributed by atoms with van der Waals surface area (Å²) in [6.07, 6.45) is -3.83. The Morgan fingerprint density at radius 2 is 1.82 bits per heavy atom. The van der Waals surface area contributed by atoms with Gasteiger partial charge in [0.2, 0.25) is 0 Å². The van der Waals surface area contributed by atoms with Gasteiger partial charge in [0, 0.05) is 23.4 Å². The zero-order valence-electron chi connectivity index (χ0n) is 16.5. The predicted molar refractivity (Wildman–Crippen MR) is 113 cm³/mol. The van der Waals surface area contributed by atoms with Gasteiger partial charge < -0.3 is 5.32 Å². The molecule has 0 amide bonds. The second kappa shape index (κ2) is 8.51. The van der Waals surface area contributed by atoms with Crippen molar-refractivity contribution in [2.24, 2.45) is 0 Å². The first-order valence-corrected chi connectivity index (χ1v) is 9.75. The summed E-state index contributed by atoms with van der Waals surface area (Å²) in [4.78, 5) is 23.5. The van der Waals surface area contributed by atoms with Gasteiger partial charge in [-0.25, -0.2) is 0 Å². The average Bonchev–Trinajstić information content (AvgIpc) is 3.20. The van der Waals surface area contributed by atoms with Crippen LogP contribution >= 0.6 is 11.6 Å². The van der Waals surface area contributed by atoms with Crippen LogP contribution in [0.5, 0.6) is 0 Å². The average molecular weight is 476 g/mol. The van der Waals surface area contributed by atoms with Crippen molar-refractivity contribution in [3.05, 3.63) is 98.4 Å². The Morgan fingerprint density at radius 1 is 1.09 bits per heavy atom. The number of ketones is 1. The van der Waals surface area contributed by atoms with Crippen molar-refractivity contribution in [2.45, 2.75) is 12.7 Å². The van der Waals surface area contributed by atoms with E-state index in [9.17, 15) is 28.1 Å². The van der Waals surface area contributed by atoms with Gasteiger partial charge in [-0.3, -0.25) is 19.3 Å². The third kappa shape index (κ3) is 4.48. The molecular formula is C21H13ClF3N5O3. The Morgan fingerprint density at radius 3 is 2.48 bits per heavy atom. The van der Waals surface area contributed by atoms with Crippen LogP contribution in [0.4, 0.5) is 24.5 Å². The van der Waals surface area contributed by atoms with Crippen LogP contribution in [0.25, 0.3) is 5.65 Å². The molecule has 0 fully saturated rings. The SMILES string of the molecule is O=C(c1ccccc1)c1ccc(NCc2nnc3c(Cl)cc(C(F)(F)F)cn23)c([N+](=O)[O-])c1. The lowest BCUT2D eigenvalue weighted by Crippen LogP contribution is -2.10. The van der Waals surface area contributed by atoms with E-state index in [1.54, 1.807) is 30.3 Å². The number of hydrogen-bond donors (Lipinski definition) is 1. The van der Waals surface area contributed by atoms with E-state index < -0.39 is 16.7 Å². The van der Waals surface area contributed by atoms with Gasteiger partial charge in [0.15, 0.2) is 17.3 Å². The van der Waals surface area contributed by atoms with E-state index in [1.165, 1.54) is 12.1 Å². The van der Waals surface area contributed by atoms with E-state index in [0.717, 1.165) is 22.7 Å². The highest BCUT2D eigenvalue weighted by Crippen LogP contribution is 2.32. The van der Waals surface area contributed by atoms with Gasteiger partial charge >= 0.3 is 6.18 Å². The highest BCUT2D eigenvalue weighted by atomic mass is 35.5. The van der Waals surface area contributed by atoms with Crippen LogP contribution in [0.15, 0.2) is 60.8 Å². The molecule has 4 rings (SSSR count). The number of fused-ring (bicyclic) bond motifs is 1. The smallest absolute Gasteiger partial charge is 0.372 e. The third-order valence-electron chi connectivity index (χ3n) is 4.79. The molecule has 0 bridgehead atoms. The minimum atomic E-state index is -4.63. The molecule has 8 nitrogen and oxygen atoms in total. The Hall–Kier alpha value is -3.99. The number of carbonyl (C=O) groups is 1. The number of nitro benzene ring substituents is 1. The van der Waals surface area contributed by atoms with Gasteiger partial charge in [-0.2, -0.15) is 13.2 Å². The highest BCUT2D eigenvalue weighted by Gasteiger charge is 2.32. The Labute approximate surface area is 188 Å². The highest BCUT2D eigenvalue weighted by molar-refractivity contribution is 6.33. The molecule has 0 atom stereocenters. The fourth-order valence-electron chi connectivity index (χ4n) is 3.18. The third-order valence-corrected chi connectivity index (χ3v) is 5.07. The summed E-state index contributed by atoms with van der Waals surface area (Å²) in [7, 11) is 0. The number of alkyl halides is 3. The van der Waals surface area contributed by atoms with E-state index in [-0.39, 0.29) is 45.8 Å². The summed E-state index contributed by atoms with van der Waals surface area (Å²) in [5, 5.41) is 21.7. The molecule has 0 aliphatic heterocycles. The lowest BCUT2D eigenvalue weighted by molar-refractivity contribution is -0.384. The van der Waals surface area contributed by atoms with E-state index >= 15 is 0 Å². The van der Waals surface area contributed by atoms with Gasteiger partial charge in [-0.1, -0.05) is 41.9 Å². The maximum Gasteiger partial charge on any atom is 0.417 e. The van der Waals surface area contributed by atoms with E-state index in [4.69, 9.17) is 11.6 Å². The second-order valence-electron chi connectivity index (χ2n) is 6.92. The normalized spacial score (nSPS) is 11.5. The van der Waals surface area contributed by atoms with Gasteiger partial charge in [0.25, 0.3) is 5.69 Å². The molecule has 2 aromatic carbocycles. The lowest BCUT2D eigenvalue weighted by atomic mass is 10.0. The number of pyridine rings is 1. The maximum absolute atomic E-state index is 13.1. The topological polar surface area (TPSA) is 102 Å². The first-order valence-electron chi connectivity index (χ1n) is 9.37. The van der Waals surface area contributed by atoms with Crippen LogP contribution < -0.4 is 5.32 Å². The summed E-state index contributed by atoms with van der Waals surface area (Å²) in [5.41, 5.74) is -0.803. The number of rotatable bonds is 6. The van der Waals surface area contributed by atoms with Gasteiger partial charge in [0.1, 0.15) is 5.69 Å². The molecule has 0 aliphatic carbocycles. The second-order valence-corrected chi connectivity index (χ2v) is 7.33. The molecule has 4 aromatic rings. The summed E-state index contributed by atoms with van der Waals surface area (Å²) >= 11 is 5.90. The maximum atomic E-state index is 13.1. The molecule has 0 radical (unpaired) electrons. The standard InChI is InChI=1S/C21H13ClF3N5O3/c22-15-9-14(21(23,24)25)11-29-18(27-28-20(15)29)10-26-16-7-6-13(8-17(16)30(32)33)19(31)12-4-2-1-3-5-12/h1-9,11,26H,10H2. The summed E-state index contributed by atoms with van der Waals surface area (Å²) in [6.45, 7) is -0.189. The quantitative estimate of drug-likeness (QED) is 0.235. The van der Waals surface area contributed by atoms with E-state index in [2.05, 4.69) is 15.5 Å². The number of aromatic nitrogens is 3. The van der Waals surface area contributed by atoms with Crippen LogP contribution in [0, 0.1) is 10.1 Å². The molecule has 12 heteroatoms. The fraction of sp³-hybridized carbons (Fsp3) is 0.0952. The Balaban J connectivity index is 1.63. The molecule has 33 heavy (non-hydrogen) atoms. The lowest BCUT2D eigenvalue weighted by Gasteiger charge is -2.10. The summed E-state index contributed by atoms with van der Waals surface area (Å²) in [5.74, 6) is -0.334. The number of carbonyl (C=O) groups excluding carboxylic acids is 1. The first-order chi connectivity index (χ1) is 15.6. The predicted octanol–water partition coefficient (Wildman–Crippen LogP) is 5.15. The Bertz CT molecular complexity index is 1370. The molecule has 0 aliphatic rings. The van der Waals surface area contributed by atoms with Crippen LogP contribution in [0.2, 0.25) is 5.02 Å². The minimum absolute atomic E-state index is 0.0137. The summed E-state index contributed by atoms with van der Waals surface area (Å²) in [6, 6.07) is 12.9. The van der Waals surface area contributed by atoms with E-state index in [1.807, 2.05) is 0 Å². The largest absolute Gasteiger partial charge is 0.417 e. The van der Waals surface area contributed by atoms with Crippen LogP contribution in [-0.4, -0.2) is 25.3 Å². The van der Waals surface area contributed by atoms with Gasteiger partial charge in [-0.15, -0.1) is 10.2 Å². The van der Waals surface area contributed by atoms with Crippen molar-refractivity contribution in [3.8, 4) is 0 Å². The Kier molecular flexibility index (Phi) is 5.73. The number of hydrogen-bond acceptors (Lipinski definition) is 6.